The molecule has 0 unspecified atom stereocenters. The second-order valence-electron chi connectivity index (χ2n) is 6.01. The van der Waals surface area contributed by atoms with Crippen molar-refractivity contribution in [3.8, 4) is 6.07 Å². The quantitative estimate of drug-likeness (QED) is 0.513. The number of halogens is 1. The molecule has 0 radical (unpaired) electrons. The molecule has 0 spiro atoms. The molecule has 0 saturated carbocycles. The Bertz CT molecular complexity index is 977. The van der Waals surface area contributed by atoms with E-state index in [9.17, 15) is 9.18 Å². The summed E-state index contributed by atoms with van der Waals surface area (Å²) in [7, 11) is 0. The molecule has 1 amide bonds. The molecule has 1 aliphatic heterocycles. The Hall–Kier alpha value is -3.68. The second-order valence-corrected chi connectivity index (χ2v) is 6.01. The highest BCUT2D eigenvalue weighted by Crippen LogP contribution is 2.24. The molecular formula is C19H18FN7O2. The molecule has 1 atom stereocenters. The van der Waals surface area contributed by atoms with Crippen LogP contribution in [0, 0.1) is 17.1 Å². The maximum atomic E-state index is 14.4. The van der Waals surface area contributed by atoms with Crippen molar-refractivity contribution in [2.45, 2.75) is 6.10 Å². The smallest absolute Gasteiger partial charge is 0.258 e. The van der Waals surface area contributed by atoms with E-state index in [1.807, 2.05) is 6.07 Å². The normalized spacial score (nSPS) is 17.1. The molecule has 0 bridgehead atoms. The summed E-state index contributed by atoms with van der Waals surface area (Å²) in [6, 6.07) is 6.23. The molecule has 29 heavy (non-hydrogen) atoms. The largest absolute Gasteiger partial charge is 0.404 e. The monoisotopic (exact) mass is 395 g/mol. The predicted molar refractivity (Wildman–Crippen MR) is 104 cm³/mol. The number of carbonyl (C=O) groups excluding carboxylic acids is 1. The Balaban J connectivity index is 1.66. The van der Waals surface area contributed by atoms with Crippen LogP contribution in [-0.4, -0.2) is 41.8 Å². The van der Waals surface area contributed by atoms with Crippen molar-refractivity contribution in [2.75, 3.05) is 25.0 Å². The van der Waals surface area contributed by atoms with E-state index in [1.54, 1.807) is 12.1 Å². The van der Waals surface area contributed by atoms with Crippen LogP contribution < -0.4 is 16.4 Å². The average molecular weight is 395 g/mol. The SMILES string of the molecule is N#Cc1cnc(N=CC(=CN)C(=O)Nc2ccc([C@H]3CNCCO3)c(F)c2)cn1. The number of nitrogens with two attached hydrogens (primary N) is 1. The van der Waals surface area contributed by atoms with Crippen molar-refractivity contribution in [2.24, 2.45) is 10.7 Å². The number of morpholine rings is 1. The van der Waals surface area contributed by atoms with Crippen LogP contribution in [0.4, 0.5) is 15.9 Å². The van der Waals surface area contributed by atoms with E-state index in [4.69, 9.17) is 15.7 Å². The predicted octanol–water partition coefficient (Wildman–Crippen LogP) is 1.33. The molecule has 1 aromatic carbocycles. The van der Waals surface area contributed by atoms with Gasteiger partial charge in [0.15, 0.2) is 11.5 Å². The highest BCUT2D eigenvalue weighted by atomic mass is 19.1. The molecule has 9 nitrogen and oxygen atoms in total. The van der Waals surface area contributed by atoms with Gasteiger partial charge in [-0.25, -0.2) is 19.4 Å². The molecule has 10 heteroatoms. The number of aliphatic imine (C=N–C) groups is 1. The van der Waals surface area contributed by atoms with Crippen LogP contribution in [0.3, 0.4) is 0 Å². The van der Waals surface area contributed by atoms with Gasteiger partial charge >= 0.3 is 0 Å². The first-order valence-electron chi connectivity index (χ1n) is 8.72. The Morgan fingerprint density at radius 2 is 2.31 bits per heavy atom. The number of hydrogen-bond donors (Lipinski definition) is 3. The summed E-state index contributed by atoms with van der Waals surface area (Å²) in [4.78, 5) is 24.1. The molecule has 1 saturated heterocycles. The number of hydrogen-bond acceptors (Lipinski definition) is 8. The Labute approximate surface area is 166 Å². The molecule has 0 aliphatic carbocycles. The fourth-order valence-electron chi connectivity index (χ4n) is 2.59. The minimum Gasteiger partial charge on any atom is -0.404 e. The third-order valence-corrected chi connectivity index (χ3v) is 4.06. The topological polar surface area (TPSA) is 138 Å². The summed E-state index contributed by atoms with van der Waals surface area (Å²) >= 11 is 0. The van der Waals surface area contributed by atoms with Crippen LogP contribution in [0.2, 0.25) is 0 Å². The van der Waals surface area contributed by atoms with E-state index in [1.165, 1.54) is 24.7 Å². The molecule has 4 N–H and O–H groups in total. The van der Waals surface area contributed by atoms with Crippen LogP contribution in [0.1, 0.15) is 17.4 Å². The first kappa shape index (κ1) is 20.1. The lowest BCUT2D eigenvalue weighted by molar-refractivity contribution is -0.112. The van der Waals surface area contributed by atoms with Gasteiger partial charge in [0.25, 0.3) is 5.91 Å². The first-order chi connectivity index (χ1) is 14.1. The standard InChI is InChI=1S/C19H18FN7O2/c20-16-5-13(1-2-15(16)17-10-23-3-4-29-17)27-19(28)12(6-21)8-25-18-11-24-14(7-22)9-26-18/h1-2,5-6,8-9,11,17,23H,3-4,10,21H2,(H,27,28)/t17-/m1/s1. The van der Waals surface area contributed by atoms with Gasteiger partial charge in [0.1, 0.15) is 11.9 Å². The summed E-state index contributed by atoms with van der Waals surface area (Å²) in [5, 5.41) is 14.4. The third-order valence-electron chi connectivity index (χ3n) is 4.06. The first-order valence-corrected chi connectivity index (χ1v) is 8.72. The van der Waals surface area contributed by atoms with Crippen molar-refractivity contribution in [1.29, 1.82) is 5.26 Å². The summed E-state index contributed by atoms with van der Waals surface area (Å²) < 4.78 is 20.0. The van der Waals surface area contributed by atoms with E-state index < -0.39 is 11.7 Å². The lowest BCUT2D eigenvalue weighted by Crippen LogP contribution is -2.33. The van der Waals surface area contributed by atoms with Gasteiger partial charge < -0.3 is 21.1 Å². The lowest BCUT2D eigenvalue weighted by Gasteiger charge is -2.24. The van der Waals surface area contributed by atoms with Gasteiger partial charge in [-0.15, -0.1) is 0 Å². The lowest BCUT2D eigenvalue weighted by atomic mass is 10.1. The number of anilines is 1. The number of carbonyl (C=O) groups is 1. The van der Waals surface area contributed by atoms with E-state index in [0.717, 1.165) is 12.7 Å². The minimum absolute atomic E-state index is 0.0421. The van der Waals surface area contributed by atoms with E-state index in [-0.39, 0.29) is 28.9 Å². The van der Waals surface area contributed by atoms with Gasteiger partial charge in [-0.05, 0) is 12.1 Å². The number of aromatic nitrogens is 2. The number of amides is 1. The number of nitrogens with zero attached hydrogens (tertiary/aromatic N) is 4. The van der Waals surface area contributed by atoms with Gasteiger partial charge in [0.05, 0.1) is 30.7 Å². The Kier molecular flexibility index (Phi) is 6.57. The zero-order chi connectivity index (χ0) is 20.6. The van der Waals surface area contributed by atoms with Gasteiger partial charge in [-0.3, -0.25) is 4.79 Å². The number of benzene rings is 1. The summed E-state index contributed by atoms with van der Waals surface area (Å²) in [6.07, 6.45) is 4.46. The van der Waals surface area contributed by atoms with Gasteiger partial charge in [0.2, 0.25) is 0 Å². The van der Waals surface area contributed by atoms with Crippen molar-refractivity contribution in [1.82, 2.24) is 15.3 Å². The van der Waals surface area contributed by atoms with Crippen LogP contribution in [0.5, 0.6) is 0 Å². The highest BCUT2D eigenvalue weighted by Gasteiger charge is 2.20. The van der Waals surface area contributed by atoms with Crippen molar-refractivity contribution in [3.63, 3.8) is 0 Å². The number of ether oxygens (including phenoxy) is 1. The van der Waals surface area contributed by atoms with Gasteiger partial charge in [-0.1, -0.05) is 6.07 Å². The number of nitrogens with one attached hydrogen (secondary N) is 2. The molecule has 1 aromatic heterocycles. The molecule has 1 aliphatic rings. The molecule has 1 fully saturated rings. The van der Waals surface area contributed by atoms with Crippen LogP contribution in [-0.2, 0) is 9.53 Å². The molecule has 3 rings (SSSR count). The van der Waals surface area contributed by atoms with Crippen molar-refractivity contribution < 1.29 is 13.9 Å². The average Bonchev–Trinajstić information content (AvgIpc) is 2.75. The number of rotatable bonds is 5. The summed E-state index contributed by atoms with van der Waals surface area (Å²) in [6.45, 7) is 1.77. The Morgan fingerprint density at radius 3 is 2.93 bits per heavy atom. The maximum Gasteiger partial charge on any atom is 0.258 e. The zero-order valence-electron chi connectivity index (χ0n) is 15.3. The molecule has 2 aromatic rings. The molecule has 148 valence electrons. The minimum atomic E-state index is -0.569. The molecule has 2 heterocycles. The molecular weight excluding hydrogens is 377 g/mol. The van der Waals surface area contributed by atoms with Crippen LogP contribution in [0.25, 0.3) is 0 Å². The fraction of sp³-hybridized carbons (Fsp3) is 0.211. The zero-order valence-corrected chi connectivity index (χ0v) is 15.3. The van der Waals surface area contributed by atoms with Crippen LogP contribution in [0.15, 0.2) is 47.4 Å². The summed E-state index contributed by atoms with van der Waals surface area (Å²) in [5.74, 6) is -0.843. The van der Waals surface area contributed by atoms with E-state index in [0.29, 0.717) is 18.7 Å². The van der Waals surface area contributed by atoms with Crippen LogP contribution >= 0.6 is 0 Å². The summed E-state index contributed by atoms with van der Waals surface area (Å²) in [5.41, 5.74) is 6.38. The highest BCUT2D eigenvalue weighted by molar-refractivity contribution is 6.17. The third kappa shape index (κ3) is 5.19. The van der Waals surface area contributed by atoms with E-state index >= 15 is 0 Å². The van der Waals surface area contributed by atoms with Gasteiger partial charge in [-0.2, -0.15) is 5.26 Å². The van der Waals surface area contributed by atoms with Gasteiger partial charge in [0, 0.05) is 36.8 Å². The Morgan fingerprint density at radius 1 is 1.45 bits per heavy atom. The number of nitriles is 1. The fourth-order valence-corrected chi connectivity index (χ4v) is 2.59. The van der Waals surface area contributed by atoms with Crippen molar-refractivity contribution in [3.05, 3.63) is 59.4 Å². The maximum absolute atomic E-state index is 14.4. The van der Waals surface area contributed by atoms with E-state index in [2.05, 4.69) is 25.6 Å². The van der Waals surface area contributed by atoms with Crippen molar-refractivity contribution >= 4 is 23.6 Å². The second kappa shape index (κ2) is 9.50.